The molecule has 0 atom stereocenters. The van der Waals surface area contributed by atoms with Crippen molar-refractivity contribution in [2.75, 3.05) is 7.05 Å². The Balaban J connectivity index is 3.84. The molecule has 0 aliphatic rings. The second kappa shape index (κ2) is 5.29. The molecule has 0 saturated carbocycles. The first-order valence-electron chi connectivity index (χ1n) is 3.03. The zero-order chi connectivity index (χ0) is 7.11. The van der Waals surface area contributed by atoms with Crippen molar-refractivity contribution < 1.29 is 0 Å². The van der Waals surface area contributed by atoms with Crippen LogP contribution in [-0.2, 0) is 0 Å². The lowest BCUT2D eigenvalue weighted by Crippen LogP contribution is -1.73. The highest BCUT2D eigenvalue weighted by Gasteiger charge is 1.74. The monoisotopic (exact) mass is 123 g/mol. The highest BCUT2D eigenvalue weighted by atomic mass is 14.6. The molecular formula is C8H13N. The quantitative estimate of drug-likeness (QED) is 0.394. The van der Waals surface area contributed by atoms with Gasteiger partial charge in [0, 0.05) is 13.3 Å². The Morgan fingerprint density at radius 1 is 1.44 bits per heavy atom. The topological polar surface area (TPSA) is 12.4 Å². The summed E-state index contributed by atoms with van der Waals surface area (Å²) < 4.78 is 0. The molecule has 9 heavy (non-hydrogen) atoms. The molecule has 0 aromatic heterocycles. The molecule has 0 rings (SSSR count). The maximum atomic E-state index is 3.86. The maximum absolute atomic E-state index is 3.86. The van der Waals surface area contributed by atoms with Crippen LogP contribution in [0, 0.1) is 0 Å². The zero-order valence-electron chi connectivity index (χ0n) is 6.26. The average Bonchev–Trinajstić information content (AvgIpc) is 1.85. The van der Waals surface area contributed by atoms with Gasteiger partial charge >= 0.3 is 0 Å². The van der Waals surface area contributed by atoms with Crippen LogP contribution in [0.25, 0.3) is 0 Å². The minimum atomic E-state index is 1.18. The Kier molecular flexibility index (Phi) is 4.79. The fourth-order valence-corrected chi connectivity index (χ4v) is 0.495. The summed E-state index contributed by atoms with van der Waals surface area (Å²) in [4.78, 5) is 3.86. The molecule has 0 N–H and O–H groups in total. The molecule has 0 aliphatic heterocycles. The Bertz CT molecular complexity index is 141. The lowest BCUT2D eigenvalue weighted by atomic mass is 10.3. The largest absolute Gasteiger partial charge is 0.296 e. The zero-order valence-corrected chi connectivity index (χ0v) is 6.26. The van der Waals surface area contributed by atoms with Gasteiger partial charge in [0.2, 0.25) is 0 Å². The molecule has 0 fully saturated rings. The highest BCUT2D eigenvalue weighted by Crippen LogP contribution is 1.87. The number of nitrogens with zero attached hydrogens (tertiary/aromatic N) is 1. The highest BCUT2D eigenvalue weighted by molar-refractivity contribution is 5.77. The van der Waals surface area contributed by atoms with Crippen LogP contribution in [0.5, 0.6) is 0 Å². The van der Waals surface area contributed by atoms with Gasteiger partial charge in [-0.1, -0.05) is 18.2 Å². The summed E-state index contributed by atoms with van der Waals surface area (Å²) in [6.07, 6.45) is 7.84. The Morgan fingerprint density at radius 2 is 2.11 bits per heavy atom. The molecule has 1 heteroatoms. The summed E-state index contributed by atoms with van der Waals surface area (Å²) >= 11 is 0. The first kappa shape index (κ1) is 8.15. The number of allylic oxidation sites excluding steroid dienone is 4. The van der Waals surface area contributed by atoms with Crippen LogP contribution < -0.4 is 0 Å². The van der Waals surface area contributed by atoms with Crippen LogP contribution in [-0.4, -0.2) is 13.3 Å². The van der Waals surface area contributed by atoms with E-state index in [1.165, 1.54) is 5.57 Å². The van der Waals surface area contributed by atoms with E-state index in [0.717, 1.165) is 0 Å². The van der Waals surface area contributed by atoms with Gasteiger partial charge in [-0.2, -0.15) is 0 Å². The molecule has 0 aliphatic carbocycles. The van der Waals surface area contributed by atoms with E-state index in [0.29, 0.717) is 0 Å². The van der Waals surface area contributed by atoms with E-state index in [9.17, 15) is 0 Å². The first-order valence-corrected chi connectivity index (χ1v) is 3.03. The molecule has 0 radical (unpaired) electrons. The van der Waals surface area contributed by atoms with Crippen LogP contribution in [0.1, 0.15) is 13.8 Å². The number of rotatable bonds is 2. The predicted octanol–water partition coefficient (Wildman–Crippen LogP) is 2.21. The van der Waals surface area contributed by atoms with Crippen molar-refractivity contribution in [3.63, 3.8) is 0 Å². The van der Waals surface area contributed by atoms with Gasteiger partial charge in [0.25, 0.3) is 0 Å². The van der Waals surface area contributed by atoms with Crippen molar-refractivity contribution in [2.24, 2.45) is 4.99 Å². The van der Waals surface area contributed by atoms with Crippen LogP contribution >= 0.6 is 0 Å². The van der Waals surface area contributed by atoms with Gasteiger partial charge in [-0.15, -0.1) is 0 Å². The van der Waals surface area contributed by atoms with Crippen molar-refractivity contribution in [2.45, 2.75) is 13.8 Å². The van der Waals surface area contributed by atoms with Crippen molar-refractivity contribution in [3.8, 4) is 0 Å². The van der Waals surface area contributed by atoms with Gasteiger partial charge in [0.15, 0.2) is 0 Å². The number of aliphatic imine (C=N–C) groups is 1. The molecular weight excluding hydrogens is 110 g/mol. The summed E-state index contributed by atoms with van der Waals surface area (Å²) in [6, 6.07) is 0. The third-order valence-electron chi connectivity index (χ3n) is 0.884. The third-order valence-corrected chi connectivity index (χ3v) is 0.884. The molecule has 1 nitrogen and oxygen atoms in total. The standard InChI is InChI=1S/C8H13N/c1-4-5-6-8(2)7-9-3/h4-7H,1-3H3/b5-4-,8-6-,9-7+. The van der Waals surface area contributed by atoms with Gasteiger partial charge in [-0.05, 0) is 19.4 Å². The third kappa shape index (κ3) is 5.01. The van der Waals surface area contributed by atoms with E-state index in [1.54, 1.807) is 7.05 Å². The summed E-state index contributed by atoms with van der Waals surface area (Å²) in [7, 11) is 1.77. The lowest BCUT2D eigenvalue weighted by molar-refractivity contribution is 1.44. The Morgan fingerprint density at radius 3 is 2.56 bits per heavy atom. The van der Waals surface area contributed by atoms with E-state index in [1.807, 2.05) is 38.3 Å². The van der Waals surface area contributed by atoms with Gasteiger partial charge in [0.1, 0.15) is 0 Å². The molecule has 0 heterocycles. The normalized spacial score (nSPS) is 13.9. The lowest BCUT2D eigenvalue weighted by Gasteiger charge is -1.83. The van der Waals surface area contributed by atoms with Crippen molar-refractivity contribution in [1.82, 2.24) is 0 Å². The van der Waals surface area contributed by atoms with Gasteiger partial charge in [0.05, 0.1) is 0 Å². The molecule has 0 spiro atoms. The van der Waals surface area contributed by atoms with E-state index >= 15 is 0 Å². The SMILES string of the molecule is C\C=C/C=C(C)\C=N\C. The summed E-state index contributed by atoms with van der Waals surface area (Å²) in [6.45, 7) is 4.01. The van der Waals surface area contributed by atoms with Crippen molar-refractivity contribution in [1.29, 1.82) is 0 Å². The van der Waals surface area contributed by atoms with Gasteiger partial charge in [-0.25, -0.2) is 0 Å². The fraction of sp³-hybridized carbons (Fsp3) is 0.375. The molecule has 0 unspecified atom stereocenters. The number of hydrogen-bond acceptors (Lipinski definition) is 1. The molecule has 0 aromatic rings. The van der Waals surface area contributed by atoms with E-state index in [-0.39, 0.29) is 0 Å². The minimum absolute atomic E-state index is 1.18. The molecule has 0 aromatic carbocycles. The van der Waals surface area contributed by atoms with Crippen LogP contribution in [0.3, 0.4) is 0 Å². The average molecular weight is 123 g/mol. The smallest absolute Gasteiger partial charge is 0.0277 e. The van der Waals surface area contributed by atoms with Crippen molar-refractivity contribution >= 4 is 6.21 Å². The van der Waals surface area contributed by atoms with E-state index in [2.05, 4.69) is 4.99 Å². The Hall–Kier alpha value is -0.850. The molecule has 0 amide bonds. The summed E-state index contributed by atoms with van der Waals surface area (Å²) in [5.74, 6) is 0. The number of hydrogen-bond donors (Lipinski definition) is 0. The van der Waals surface area contributed by atoms with Gasteiger partial charge in [-0.3, -0.25) is 4.99 Å². The van der Waals surface area contributed by atoms with E-state index < -0.39 is 0 Å². The second-order valence-corrected chi connectivity index (χ2v) is 1.82. The van der Waals surface area contributed by atoms with Crippen LogP contribution in [0.15, 0.2) is 28.8 Å². The minimum Gasteiger partial charge on any atom is -0.296 e. The fourth-order valence-electron chi connectivity index (χ4n) is 0.495. The maximum Gasteiger partial charge on any atom is 0.0277 e. The van der Waals surface area contributed by atoms with Crippen molar-refractivity contribution in [3.05, 3.63) is 23.8 Å². The molecule has 0 saturated heterocycles. The predicted molar refractivity (Wildman–Crippen MR) is 43.0 cm³/mol. The van der Waals surface area contributed by atoms with Crippen LogP contribution in [0.2, 0.25) is 0 Å². The molecule has 0 bridgehead atoms. The second-order valence-electron chi connectivity index (χ2n) is 1.82. The summed E-state index contributed by atoms with van der Waals surface area (Å²) in [5, 5.41) is 0. The Labute approximate surface area is 56.8 Å². The van der Waals surface area contributed by atoms with Gasteiger partial charge < -0.3 is 0 Å². The summed E-state index contributed by atoms with van der Waals surface area (Å²) in [5.41, 5.74) is 1.18. The molecule has 50 valence electrons. The first-order chi connectivity index (χ1) is 4.31. The van der Waals surface area contributed by atoms with Crippen LogP contribution in [0.4, 0.5) is 0 Å². The van der Waals surface area contributed by atoms with E-state index in [4.69, 9.17) is 0 Å².